The smallest absolute Gasteiger partial charge is 0.0867 e. The maximum Gasteiger partial charge on any atom is 0.0867 e. The molecule has 2 nitrogen and oxygen atoms in total. The molecule has 114 valence electrons. The number of pyridine rings is 1. The van der Waals surface area contributed by atoms with Crippen LogP contribution in [0.5, 0.6) is 0 Å². The minimum Gasteiger partial charge on any atom is -0.357 e. The summed E-state index contributed by atoms with van der Waals surface area (Å²) in [7, 11) is 0. The third-order valence-corrected chi connectivity index (χ3v) is 3.98. The van der Waals surface area contributed by atoms with Crippen molar-refractivity contribution in [3.63, 3.8) is 0 Å². The lowest BCUT2D eigenvalue weighted by Crippen LogP contribution is -1.90. The number of rotatable bonds is 9. The Hall–Kier alpha value is -1.57. The summed E-state index contributed by atoms with van der Waals surface area (Å²) < 4.78 is 0. The van der Waals surface area contributed by atoms with Gasteiger partial charge in [-0.1, -0.05) is 45.6 Å². The lowest BCUT2D eigenvalue weighted by molar-refractivity contribution is 0.708. The first-order chi connectivity index (χ1) is 10.3. The van der Waals surface area contributed by atoms with Gasteiger partial charge in [0.25, 0.3) is 0 Å². The molecule has 2 heterocycles. The van der Waals surface area contributed by atoms with E-state index in [-0.39, 0.29) is 0 Å². The SMILES string of the molecule is CCCCCc1cc(CCCCC)c(-c2ccccn2)[nH]1. The fourth-order valence-electron chi connectivity index (χ4n) is 2.76. The van der Waals surface area contributed by atoms with E-state index in [1.807, 2.05) is 12.3 Å². The Balaban J connectivity index is 2.15. The third-order valence-electron chi connectivity index (χ3n) is 3.98. The number of aromatic amines is 1. The second-order valence-corrected chi connectivity index (χ2v) is 5.82. The van der Waals surface area contributed by atoms with Gasteiger partial charge in [0.05, 0.1) is 11.4 Å². The van der Waals surface area contributed by atoms with E-state index in [2.05, 4.69) is 42.0 Å². The predicted octanol–water partition coefficient (Wildman–Crippen LogP) is 5.54. The molecule has 0 aromatic carbocycles. The van der Waals surface area contributed by atoms with Crippen molar-refractivity contribution in [1.82, 2.24) is 9.97 Å². The molecule has 0 saturated heterocycles. The van der Waals surface area contributed by atoms with Gasteiger partial charge in [-0.2, -0.15) is 0 Å². The fraction of sp³-hybridized carbons (Fsp3) is 0.526. The van der Waals surface area contributed by atoms with Gasteiger partial charge in [-0.25, -0.2) is 0 Å². The third kappa shape index (κ3) is 4.73. The number of nitrogens with zero attached hydrogens (tertiary/aromatic N) is 1. The Bertz CT molecular complexity index is 514. The number of hydrogen-bond donors (Lipinski definition) is 1. The van der Waals surface area contributed by atoms with E-state index in [0.29, 0.717) is 0 Å². The van der Waals surface area contributed by atoms with Crippen LogP contribution >= 0.6 is 0 Å². The van der Waals surface area contributed by atoms with Crippen molar-refractivity contribution in [1.29, 1.82) is 0 Å². The van der Waals surface area contributed by atoms with Crippen LogP contribution in [0.1, 0.15) is 63.6 Å². The molecule has 0 aliphatic heterocycles. The molecule has 21 heavy (non-hydrogen) atoms. The summed E-state index contributed by atoms with van der Waals surface area (Å²) in [6.07, 6.45) is 11.9. The molecule has 2 aromatic rings. The van der Waals surface area contributed by atoms with E-state index < -0.39 is 0 Å². The van der Waals surface area contributed by atoms with E-state index >= 15 is 0 Å². The summed E-state index contributed by atoms with van der Waals surface area (Å²) >= 11 is 0. The summed E-state index contributed by atoms with van der Waals surface area (Å²) in [5.41, 5.74) is 5.12. The van der Waals surface area contributed by atoms with Gasteiger partial charge >= 0.3 is 0 Å². The van der Waals surface area contributed by atoms with Crippen molar-refractivity contribution in [2.75, 3.05) is 0 Å². The molecule has 0 fully saturated rings. The molecule has 0 aliphatic rings. The largest absolute Gasteiger partial charge is 0.357 e. The minimum absolute atomic E-state index is 1.07. The standard InChI is InChI=1S/C19H28N2/c1-3-5-7-11-16-15-17(12-8-6-4-2)21-19(16)18-13-9-10-14-20-18/h9-10,13-15,21H,3-8,11-12H2,1-2H3. The highest BCUT2D eigenvalue weighted by Gasteiger charge is 2.10. The summed E-state index contributed by atoms with van der Waals surface area (Å²) in [6.45, 7) is 4.51. The van der Waals surface area contributed by atoms with Crippen LogP contribution in [0, 0.1) is 0 Å². The van der Waals surface area contributed by atoms with Crippen LogP contribution in [-0.2, 0) is 12.8 Å². The van der Waals surface area contributed by atoms with Crippen molar-refractivity contribution >= 4 is 0 Å². The highest BCUT2D eigenvalue weighted by Crippen LogP contribution is 2.24. The summed E-state index contributed by atoms with van der Waals surface area (Å²) in [4.78, 5) is 8.14. The van der Waals surface area contributed by atoms with Crippen molar-refractivity contribution < 1.29 is 0 Å². The van der Waals surface area contributed by atoms with Gasteiger partial charge < -0.3 is 4.98 Å². The van der Waals surface area contributed by atoms with E-state index in [1.54, 1.807) is 0 Å². The number of nitrogens with one attached hydrogen (secondary N) is 1. The van der Waals surface area contributed by atoms with Crippen molar-refractivity contribution in [3.8, 4) is 11.4 Å². The Kier molecular flexibility index (Phi) is 6.52. The summed E-state index contributed by atoms with van der Waals surface area (Å²) in [5.74, 6) is 0. The summed E-state index contributed by atoms with van der Waals surface area (Å²) in [6, 6.07) is 8.52. The fourth-order valence-corrected chi connectivity index (χ4v) is 2.76. The molecule has 1 N–H and O–H groups in total. The average molecular weight is 284 g/mol. The molecule has 0 radical (unpaired) electrons. The Morgan fingerprint density at radius 2 is 1.71 bits per heavy atom. The van der Waals surface area contributed by atoms with Crippen molar-refractivity contribution in [2.45, 2.75) is 65.2 Å². The van der Waals surface area contributed by atoms with Crippen LogP contribution in [0.2, 0.25) is 0 Å². The van der Waals surface area contributed by atoms with Crippen LogP contribution in [0.3, 0.4) is 0 Å². The van der Waals surface area contributed by atoms with Gasteiger partial charge in [0.1, 0.15) is 0 Å². The molecule has 0 amide bonds. The first kappa shape index (κ1) is 15.8. The predicted molar refractivity (Wildman–Crippen MR) is 90.5 cm³/mol. The monoisotopic (exact) mass is 284 g/mol. The number of unbranched alkanes of at least 4 members (excludes halogenated alkanes) is 4. The highest BCUT2D eigenvalue weighted by atomic mass is 14.8. The van der Waals surface area contributed by atoms with Gasteiger partial charge in [-0.3, -0.25) is 4.98 Å². The topological polar surface area (TPSA) is 28.7 Å². The van der Waals surface area contributed by atoms with Crippen molar-refractivity contribution in [2.24, 2.45) is 0 Å². The average Bonchev–Trinajstić information content (AvgIpc) is 2.92. The van der Waals surface area contributed by atoms with E-state index in [1.165, 1.54) is 55.5 Å². The van der Waals surface area contributed by atoms with Crippen LogP contribution in [0.15, 0.2) is 30.5 Å². The highest BCUT2D eigenvalue weighted by molar-refractivity contribution is 5.60. The maximum absolute atomic E-state index is 4.52. The number of hydrogen-bond acceptors (Lipinski definition) is 1. The molecule has 2 aromatic heterocycles. The molecule has 2 heteroatoms. The zero-order valence-corrected chi connectivity index (χ0v) is 13.5. The number of H-pyrrole nitrogens is 1. The molecule has 0 unspecified atom stereocenters. The second kappa shape index (κ2) is 8.66. The molecule has 0 bridgehead atoms. The first-order valence-electron chi connectivity index (χ1n) is 8.47. The van der Waals surface area contributed by atoms with Crippen LogP contribution in [-0.4, -0.2) is 9.97 Å². The van der Waals surface area contributed by atoms with Crippen LogP contribution < -0.4 is 0 Å². The van der Waals surface area contributed by atoms with Gasteiger partial charge in [0.2, 0.25) is 0 Å². The van der Waals surface area contributed by atoms with Gasteiger partial charge in [-0.05, 0) is 49.4 Å². The molecule has 0 spiro atoms. The molecular weight excluding hydrogens is 256 g/mol. The van der Waals surface area contributed by atoms with Gasteiger partial charge in [-0.15, -0.1) is 0 Å². The lowest BCUT2D eigenvalue weighted by Gasteiger charge is -2.03. The molecule has 0 atom stereocenters. The Morgan fingerprint density at radius 3 is 2.38 bits per heavy atom. The zero-order chi connectivity index (χ0) is 14.9. The van der Waals surface area contributed by atoms with Gasteiger partial charge in [0, 0.05) is 11.9 Å². The zero-order valence-electron chi connectivity index (χ0n) is 13.5. The maximum atomic E-state index is 4.52. The van der Waals surface area contributed by atoms with Gasteiger partial charge in [0.15, 0.2) is 0 Å². The van der Waals surface area contributed by atoms with Crippen LogP contribution in [0.4, 0.5) is 0 Å². The lowest BCUT2D eigenvalue weighted by atomic mass is 10.0. The van der Waals surface area contributed by atoms with Crippen LogP contribution in [0.25, 0.3) is 11.4 Å². The molecular formula is C19H28N2. The normalized spacial score (nSPS) is 11.0. The van der Waals surface area contributed by atoms with E-state index in [9.17, 15) is 0 Å². The Morgan fingerprint density at radius 1 is 0.952 bits per heavy atom. The Labute approximate surface area is 129 Å². The molecule has 0 aliphatic carbocycles. The van der Waals surface area contributed by atoms with E-state index in [0.717, 1.165) is 18.5 Å². The molecule has 0 saturated carbocycles. The first-order valence-corrected chi connectivity index (χ1v) is 8.47. The van der Waals surface area contributed by atoms with E-state index in [4.69, 9.17) is 0 Å². The molecule has 2 rings (SSSR count). The number of aryl methyl sites for hydroxylation is 2. The second-order valence-electron chi connectivity index (χ2n) is 5.82. The quantitative estimate of drug-likeness (QED) is 0.601. The minimum atomic E-state index is 1.07. The number of aromatic nitrogens is 2. The van der Waals surface area contributed by atoms with Crippen molar-refractivity contribution in [3.05, 3.63) is 41.7 Å². The summed E-state index contributed by atoms with van der Waals surface area (Å²) in [5, 5.41) is 0.